The van der Waals surface area contributed by atoms with E-state index in [1.807, 2.05) is 18.2 Å². The van der Waals surface area contributed by atoms with Gasteiger partial charge in [0.1, 0.15) is 12.4 Å². The molecule has 0 bridgehead atoms. The van der Waals surface area contributed by atoms with Crippen molar-refractivity contribution in [2.45, 2.75) is 31.7 Å². The van der Waals surface area contributed by atoms with E-state index in [0.29, 0.717) is 12.3 Å². The molecule has 0 unspecified atom stereocenters. The summed E-state index contributed by atoms with van der Waals surface area (Å²) < 4.78 is 31.9. The summed E-state index contributed by atoms with van der Waals surface area (Å²) in [5, 5.41) is 9.37. The van der Waals surface area contributed by atoms with Crippen LogP contribution in [-0.2, 0) is 10.0 Å². The normalized spacial score (nSPS) is 19.3. The lowest BCUT2D eigenvalue weighted by Gasteiger charge is -2.34. The Kier molecular flexibility index (Phi) is 7.98. The molecule has 0 amide bonds. The number of aliphatic hydroxyl groups is 1. The van der Waals surface area contributed by atoms with Crippen LogP contribution < -0.4 is 9.46 Å². The Morgan fingerprint density at radius 3 is 2.79 bits per heavy atom. The zero-order valence-electron chi connectivity index (χ0n) is 14.1. The fraction of sp³-hybridized carbons (Fsp3) is 0.647. The van der Waals surface area contributed by atoms with Crippen LogP contribution in [0.15, 0.2) is 30.3 Å². The van der Waals surface area contributed by atoms with Gasteiger partial charge in [-0.3, -0.25) is 4.90 Å². The first-order valence-corrected chi connectivity index (χ1v) is 10.3. The topological polar surface area (TPSA) is 78.9 Å². The molecular weight excluding hydrogens is 328 g/mol. The van der Waals surface area contributed by atoms with Crippen molar-refractivity contribution < 1.29 is 18.3 Å². The van der Waals surface area contributed by atoms with Crippen LogP contribution in [0.2, 0.25) is 0 Å². The summed E-state index contributed by atoms with van der Waals surface area (Å²) in [7, 11) is -3.32. The van der Waals surface area contributed by atoms with Gasteiger partial charge < -0.3 is 9.84 Å². The van der Waals surface area contributed by atoms with Gasteiger partial charge in [-0.15, -0.1) is 0 Å². The third-order valence-electron chi connectivity index (χ3n) is 4.27. The fourth-order valence-electron chi connectivity index (χ4n) is 2.93. The van der Waals surface area contributed by atoms with Crippen LogP contribution in [0.1, 0.15) is 25.7 Å². The first-order valence-electron chi connectivity index (χ1n) is 8.61. The first kappa shape index (κ1) is 19.2. The largest absolute Gasteiger partial charge is 0.492 e. The maximum atomic E-state index is 11.9. The first-order chi connectivity index (χ1) is 11.6. The third-order valence-corrected chi connectivity index (χ3v) is 5.62. The third kappa shape index (κ3) is 6.76. The zero-order valence-corrected chi connectivity index (χ0v) is 14.9. The second kappa shape index (κ2) is 9.98. The Labute approximate surface area is 144 Å². The molecule has 1 aliphatic heterocycles. The van der Waals surface area contributed by atoms with Gasteiger partial charge in [-0.05, 0) is 44.5 Å². The number of benzene rings is 1. The summed E-state index contributed by atoms with van der Waals surface area (Å²) in [6.45, 7) is 2.54. The van der Waals surface area contributed by atoms with Crippen LogP contribution in [0.25, 0.3) is 0 Å². The summed E-state index contributed by atoms with van der Waals surface area (Å²) in [5.41, 5.74) is 0. The molecule has 1 heterocycles. The van der Waals surface area contributed by atoms with Gasteiger partial charge in [-0.2, -0.15) is 0 Å². The van der Waals surface area contributed by atoms with Crippen molar-refractivity contribution in [1.29, 1.82) is 0 Å². The highest BCUT2D eigenvalue weighted by molar-refractivity contribution is 7.89. The molecule has 0 spiro atoms. The average molecular weight is 356 g/mol. The van der Waals surface area contributed by atoms with Crippen LogP contribution in [-0.4, -0.2) is 63.1 Å². The second-order valence-electron chi connectivity index (χ2n) is 6.10. The number of sulfonamides is 1. The van der Waals surface area contributed by atoms with E-state index in [1.54, 1.807) is 12.1 Å². The van der Waals surface area contributed by atoms with E-state index in [0.717, 1.165) is 38.8 Å². The predicted octanol–water partition coefficient (Wildman–Crippen LogP) is 1.22. The molecule has 2 N–H and O–H groups in total. The number of rotatable bonds is 10. The number of aliphatic hydroxyl groups excluding tert-OH is 1. The average Bonchev–Trinajstić information content (AvgIpc) is 2.60. The van der Waals surface area contributed by atoms with Gasteiger partial charge in [-0.25, -0.2) is 13.1 Å². The van der Waals surface area contributed by atoms with Gasteiger partial charge in [-0.1, -0.05) is 24.6 Å². The smallest absolute Gasteiger partial charge is 0.214 e. The maximum absolute atomic E-state index is 11.9. The molecule has 1 atom stereocenters. The number of likely N-dealkylation sites (tertiary alicyclic amines) is 1. The quantitative estimate of drug-likeness (QED) is 0.616. The van der Waals surface area contributed by atoms with E-state index >= 15 is 0 Å². The van der Waals surface area contributed by atoms with Crippen LogP contribution in [0, 0.1) is 0 Å². The molecule has 0 radical (unpaired) electrons. The lowest BCUT2D eigenvalue weighted by molar-refractivity contribution is 0.0896. The molecule has 24 heavy (non-hydrogen) atoms. The Bertz CT molecular complexity index is 565. The lowest BCUT2D eigenvalue weighted by Crippen LogP contribution is -2.43. The highest BCUT2D eigenvalue weighted by Gasteiger charge is 2.21. The van der Waals surface area contributed by atoms with Crippen molar-refractivity contribution in [3.8, 4) is 5.75 Å². The van der Waals surface area contributed by atoms with Gasteiger partial charge in [0.05, 0.1) is 12.4 Å². The van der Waals surface area contributed by atoms with Crippen molar-refractivity contribution in [1.82, 2.24) is 9.62 Å². The van der Waals surface area contributed by atoms with Crippen LogP contribution >= 0.6 is 0 Å². The van der Waals surface area contributed by atoms with Crippen molar-refractivity contribution >= 4 is 10.0 Å². The van der Waals surface area contributed by atoms with Crippen LogP contribution in [0.5, 0.6) is 5.75 Å². The SMILES string of the molecule is O=S(=O)(CCOc1ccccc1)NCCCN1CCCC[C@@H]1CO. The number of hydrogen-bond donors (Lipinski definition) is 2. The molecule has 1 fully saturated rings. The van der Waals surface area contributed by atoms with Crippen molar-refractivity contribution in [2.24, 2.45) is 0 Å². The Hall–Kier alpha value is -1.15. The number of piperidine rings is 1. The molecule has 0 saturated carbocycles. The summed E-state index contributed by atoms with van der Waals surface area (Å²) in [6, 6.07) is 9.42. The van der Waals surface area contributed by atoms with Crippen molar-refractivity contribution in [2.75, 3.05) is 38.6 Å². The summed E-state index contributed by atoms with van der Waals surface area (Å²) in [6.07, 6.45) is 4.09. The minimum absolute atomic E-state index is 0.0507. The number of nitrogens with zero attached hydrogens (tertiary/aromatic N) is 1. The van der Waals surface area contributed by atoms with E-state index in [-0.39, 0.29) is 25.0 Å². The minimum Gasteiger partial charge on any atom is -0.492 e. The molecule has 136 valence electrons. The minimum atomic E-state index is -3.32. The molecule has 0 aliphatic carbocycles. The number of nitrogens with one attached hydrogen (secondary N) is 1. The number of para-hydroxylation sites is 1. The van der Waals surface area contributed by atoms with Crippen LogP contribution in [0.3, 0.4) is 0 Å². The molecule has 2 rings (SSSR count). The fourth-order valence-corrected chi connectivity index (χ4v) is 3.83. The standard InChI is InChI=1S/C17H28N2O4S/c20-15-16-7-4-5-11-19(16)12-6-10-18-24(21,22)14-13-23-17-8-2-1-3-9-17/h1-3,8-9,16,18,20H,4-7,10-15H2/t16-/m1/s1. The van der Waals surface area contributed by atoms with Gasteiger partial charge >= 0.3 is 0 Å². The molecule has 1 aromatic carbocycles. The highest BCUT2D eigenvalue weighted by atomic mass is 32.2. The predicted molar refractivity (Wildman–Crippen MR) is 94.6 cm³/mol. The van der Waals surface area contributed by atoms with E-state index in [2.05, 4.69) is 9.62 Å². The van der Waals surface area contributed by atoms with Crippen molar-refractivity contribution in [3.05, 3.63) is 30.3 Å². The Morgan fingerprint density at radius 2 is 2.04 bits per heavy atom. The van der Waals surface area contributed by atoms with Gasteiger partial charge in [0.15, 0.2) is 0 Å². The molecular formula is C17H28N2O4S. The molecule has 1 aliphatic rings. The van der Waals surface area contributed by atoms with Gasteiger partial charge in [0, 0.05) is 12.6 Å². The van der Waals surface area contributed by atoms with E-state index < -0.39 is 10.0 Å². The summed E-state index contributed by atoms with van der Waals surface area (Å²) >= 11 is 0. The molecule has 1 aromatic rings. The van der Waals surface area contributed by atoms with Gasteiger partial charge in [0.25, 0.3) is 0 Å². The second-order valence-corrected chi connectivity index (χ2v) is 8.02. The summed E-state index contributed by atoms with van der Waals surface area (Å²) in [5.74, 6) is 0.623. The highest BCUT2D eigenvalue weighted by Crippen LogP contribution is 2.16. The van der Waals surface area contributed by atoms with Crippen molar-refractivity contribution in [3.63, 3.8) is 0 Å². The van der Waals surface area contributed by atoms with Gasteiger partial charge in [0.2, 0.25) is 10.0 Å². The Morgan fingerprint density at radius 1 is 1.25 bits per heavy atom. The number of ether oxygens (including phenoxy) is 1. The Balaban J connectivity index is 1.61. The summed E-state index contributed by atoms with van der Waals surface area (Å²) in [4.78, 5) is 2.26. The molecule has 1 saturated heterocycles. The molecule has 6 nitrogen and oxygen atoms in total. The zero-order chi connectivity index (χ0) is 17.3. The van der Waals surface area contributed by atoms with E-state index in [9.17, 15) is 13.5 Å². The van der Waals surface area contributed by atoms with Crippen LogP contribution in [0.4, 0.5) is 0 Å². The lowest BCUT2D eigenvalue weighted by atomic mass is 10.0. The maximum Gasteiger partial charge on any atom is 0.214 e. The molecule has 7 heteroatoms. The van der Waals surface area contributed by atoms with E-state index in [1.165, 1.54) is 0 Å². The molecule has 0 aromatic heterocycles. The monoisotopic (exact) mass is 356 g/mol. The number of hydrogen-bond acceptors (Lipinski definition) is 5. The van der Waals surface area contributed by atoms with E-state index in [4.69, 9.17) is 4.74 Å².